The number of carbonyl (C=O) groups is 1. The van der Waals surface area contributed by atoms with Crippen molar-refractivity contribution in [3.8, 4) is 11.5 Å². The van der Waals surface area contributed by atoms with Gasteiger partial charge in [-0.25, -0.2) is 0 Å². The van der Waals surface area contributed by atoms with Gasteiger partial charge in [-0.15, -0.1) is 0 Å². The maximum absolute atomic E-state index is 12.6. The van der Waals surface area contributed by atoms with Gasteiger partial charge in [0.05, 0.1) is 6.61 Å². The molecule has 0 spiro atoms. The molecule has 0 amide bonds. The molecule has 2 aromatic rings. The van der Waals surface area contributed by atoms with Crippen molar-refractivity contribution >= 4 is 11.9 Å². The SMILES string of the molecule is CCOc1cc2c(cc1/C=C1\Cc3ccccc3C1=O)O[C@@H](C)C2. The third kappa shape index (κ3) is 2.50. The molecule has 0 saturated carbocycles. The predicted molar refractivity (Wildman–Crippen MR) is 93.9 cm³/mol. The van der Waals surface area contributed by atoms with Crippen molar-refractivity contribution in [1.82, 2.24) is 0 Å². The van der Waals surface area contributed by atoms with E-state index in [-0.39, 0.29) is 11.9 Å². The molecule has 0 fully saturated rings. The Morgan fingerprint density at radius 1 is 1.25 bits per heavy atom. The molecule has 1 atom stereocenters. The van der Waals surface area contributed by atoms with Crippen LogP contribution in [0.4, 0.5) is 0 Å². The predicted octanol–water partition coefficient (Wildman–Crippen LogP) is 4.23. The van der Waals surface area contributed by atoms with Crippen LogP contribution in [-0.4, -0.2) is 18.5 Å². The van der Waals surface area contributed by atoms with Crippen LogP contribution >= 0.6 is 0 Å². The molecule has 0 N–H and O–H groups in total. The molecule has 1 aliphatic carbocycles. The molecule has 0 radical (unpaired) electrons. The van der Waals surface area contributed by atoms with Crippen LogP contribution in [0.15, 0.2) is 42.0 Å². The number of hydrogen-bond acceptors (Lipinski definition) is 3. The Bertz CT molecular complexity index is 848. The van der Waals surface area contributed by atoms with Crippen molar-refractivity contribution in [3.63, 3.8) is 0 Å². The molecular formula is C21H20O3. The fourth-order valence-electron chi connectivity index (χ4n) is 3.51. The van der Waals surface area contributed by atoms with Gasteiger partial charge in [-0.1, -0.05) is 24.3 Å². The molecule has 3 heteroatoms. The Hall–Kier alpha value is -2.55. The number of ketones is 1. The molecule has 2 aromatic carbocycles. The summed E-state index contributed by atoms with van der Waals surface area (Å²) in [6.45, 7) is 4.63. The molecule has 0 unspecified atom stereocenters. The van der Waals surface area contributed by atoms with E-state index in [2.05, 4.69) is 13.0 Å². The van der Waals surface area contributed by atoms with E-state index in [4.69, 9.17) is 9.47 Å². The van der Waals surface area contributed by atoms with E-state index < -0.39 is 0 Å². The van der Waals surface area contributed by atoms with Crippen molar-refractivity contribution < 1.29 is 14.3 Å². The highest BCUT2D eigenvalue weighted by Crippen LogP contribution is 2.37. The molecule has 0 saturated heterocycles. The Kier molecular flexibility index (Phi) is 3.64. The number of carbonyl (C=O) groups excluding carboxylic acids is 1. The maximum atomic E-state index is 12.6. The van der Waals surface area contributed by atoms with Crippen LogP contribution in [0.5, 0.6) is 11.5 Å². The van der Waals surface area contributed by atoms with E-state index in [1.807, 2.05) is 43.3 Å². The van der Waals surface area contributed by atoms with Gasteiger partial charge >= 0.3 is 0 Å². The topological polar surface area (TPSA) is 35.5 Å². The second-order valence-corrected chi connectivity index (χ2v) is 6.40. The van der Waals surface area contributed by atoms with Gasteiger partial charge in [0.15, 0.2) is 5.78 Å². The number of hydrogen-bond donors (Lipinski definition) is 0. The summed E-state index contributed by atoms with van der Waals surface area (Å²) in [7, 11) is 0. The Morgan fingerprint density at radius 2 is 2.08 bits per heavy atom. The summed E-state index contributed by atoms with van der Waals surface area (Å²) in [6.07, 6.45) is 3.72. The van der Waals surface area contributed by atoms with Gasteiger partial charge < -0.3 is 9.47 Å². The van der Waals surface area contributed by atoms with Crippen molar-refractivity contribution in [3.05, 3.63) is 64.2 Å². The summed E-state index contributed by atoms with van der Waals surface area (Å²) < 4.78 is 11.7. The van der Waals surface area contributed by atoms with E-state index in [0.29, 0.717) is 13.0 Å². The van der Waals surface area contributed by atoms with Gasteiger partial charge in [-0.2, -0.15) is 0 Å². The number of fused-ring (bicyclic) bond motifs is 2. The largest absolute Gasteiger partial charge is 0.493 e. The zero-order valence-corrected chi connectivity index (χ0v) is 14.0. The lowest BCUT2D eigenvalue weighted by Gasteiger charge is -2.10. The van der Waals surface area contributed by atoms with E-state index in [1.54, 1.807) is 0 Å². The van der Waals surface area contributed by atoms with Crippen molar-refractivity contribution in [2.24, 2.45) is 0 Å². The summed E-state index contributed by atoms with van der Waals surface area (Å²) in [5, 5.41) is 0. The van der Waals surface area contributed by atoms with Crippen LogP contribution in [0.2, 0.25) is 0 Å². The van der Waals surface area contributed by atoms with E-state index >= 15 is 0 Å². The highest BCUT2D eigenvalue weighted by molar-refractivity contribution is 6.15. The summed E-state index contributed by atoms with van der Waals surface area (Å²) in [5.74, 6) is 1.84. The van der Waals surface area contributed by atoms with Crippen LogP contribution in [0, 0.1) is 0 Å². The monoisotopic (exact) mass is 320 g/mol. The minimum absolute atomic E-state index is 0.114. The van der Waals surface area contributed by atoms with E-state index in [0.717, 1.165) is 40.2 Å². The number of benzene rings is 2. The van der Waals surface area contributed by atoms with Crippen molar-refractivity contribution in [2.45, 2.75) is 32.8 Å². The number of Topliss-reactive ketones (excluding diaryl/α,β-unsaturated/α-hetero) is 1. The molecule has 0 aromatic heterocycles. The van der Waals surface area contributed by atoms with Gasteiger partial charge in [0, 0.05) is 35.1 Å². The zero-order chi connectivity index (χ0) is 16.7. The van der Waals surface area contributed by atoms with Crippen molar-refractivity contribution in [1.29, 1.82) is 0 Å². The molecule has 122 valence electrons. The summed E-state index contributed by atoms with van der Waals surface area (Å²) in [5.41, 5.74) is 4.81. The lowest BCUT2D eigenvalue weighted by molar-refractivity contribution is 0.104. The van der Waals surface area contributed by atoms with Crippen LogP contribution in [0.3, 0.4) is 0 Å². The molecule has 0 bridgehead atoms. The summed E-state index contributed by atoms with van der Waals surface area (Å²) >= 11 is 0. The first-order valence-electron chi connectivity index (χ1n) is 8.45. The lowest BCUT2D eigenvalue weighted by atomic mass is 10.0. The van der Waals surface area contributed by atoms with Crippen LogP contribution in [-0.2, 0) is 12.8 Å². The van der Waals surface area contributed by atoms with Gasteiger partial charge in [-0.3, -0.25) is 4.79 Å². The van der Waals surface area contributed by atoms with Gasteiger partial charge in [0.2, 0.25) is 0 Å². The Morgan fingerprint density at radius 3 is 2.88 bits per heavy atom. The Balaban J connectivity index is 1.75. The average molecular weight is 320 g/mol. The highest BCUT2D eigenvalue weighted by atomic mass is 16.5. The highest BCUT2D eigenvalue weighted by Gasteiger charge is 2.26. The molecule has 1 aliphatic heterocycles. The fourth-order valence-corrected chi connectivity index (χ4v) is 3.51. The second-order valence-electron chi connectivity index (χ2n) is 6.40. The van der Waals surface area contributed by atoms with Crippen molar-refractivity contribution in [2.75, 3.05) is 6.61 Å². The summed E-state index contributed by atoms with van der Waals surface area (Å²) in [4.78, 5) is 12.6. The maximum Gasteiger partial charge on any atom is 0.189 e. The van der Waals surface area contributed by atoms with Crippen LogP contribution < -0.4 is 9.47 Å². The lowest BCUT2D eigenvalue weighted by Crippen LogP contribution is -2.05. The van der Waals surface area contributed by atoms with Gasteiger partial charge in [-0.05, 0) is 37.6 Å². The van der Waals surface area contributed by atoms with Gasteiger partial charge in [0.1, 0.15) is 17.6 Å². The number of allylic oxidation sites excluding steroid dienone is 1. The molecule has 24 heavy (non-hydrogen) atoms. The normalized spacial score (nSPS) is 20.0. The molecule has 4 rings (SSSR count). The number of ether oxygens (including phenoxy) is 2. The number of rotatable bonds is 3. The fraction of sp³-hybridized carbons (Fsp3) is 0.286. The standard InChI is InChI=1S/C21H20O3/c1-3-23-19-11-15-8-13(2)24-20(15)12-16(19)10-17-9-14-6-4-5-7-18(14)21(17)22/h4-7,10-13H,3,8-9H2,1-2H3/b17-10+/t13-/m0/s1. The molecule has 3 nitrogen and oxygen atoms in total. The first kappa shape index (κ1) is 15.0. The molecule has 2 aliphatic rings. The van der Waals surface area contributed by atoms with E-state index in [9.17, 15) is 4.79 Å². The first-order chi connectivity index (χ1) is 11.7. The zero-order valence-electron chi connectivity index (χ0n) is 14.0. The smallest absolute Gasteiger partial charge is 0.189 e. The average Bonchev–Trinajstić information content (AvgIpc) is 3.08. The minimum Gasteiger partial charge on any atom is -0.493 e. The molecule has 1 heterocycles. The third-order valence-corrected chi connectivity index (χ3v) is 4.59. The third-order valence-electron chi connectivity index (χ3n) is 4.59. The van der Waals surface area contributed by atoms with Crippen LogP contribution in [0.1, 0.15) is 40.9 Å². The molecular weight excluding hydrogens is 300 g/mol. The van der Waals surface area contributed by atoms with Gasteiger partial charge in [0.25, 0.3) is 0 Å². The van der Waals surface area contributed by atoms with E-state index in [1.165, 1.54) is 5.56 Å². The second kappa shape index (κ2) is 5.82. The van der Waals surface area contributed by atoms with Crippen LogP contribution in [0.25, 0.3) is 6.08 Å². The quantitative estimate of drug-likeness (QED) is 0.794. The minimum atomic E-state index is 0.114. The summed E-state index contributed by atoms with van der Waals surface area (Å²) in [6, 6.07) is 11.9. The first-order valence-corrected chi connectivity index (χ1v) is 8.45. The Labute approximate surface area is 141 Å².